The Morgan fingerprint density at radius 2 is 1.74 bits per heavy atom. The molecule has 184 valence electrons. The molecular weight excluding hydrogens is 507 g/mol. The number of amides is 2. The zero-order valence-corrected chi connectivity index (χ0v) is 21.6. The minimum Gasteiger partial charge on any atom is -0.368 e. The van der Waals surface area contributed by atoms with Gasteiger partial charge in [0.1, 0.15) is 5.82 Å². The first-order valence-electron chi connectivity index (χ1n) is 11.2. The number of aromatic nitrogens is 3. The smallest absolute Gasteiger partial charge is 0.251 e. The molecule has 1 aliphatic heterocycles. The van der Waals surface area contributed by atoms with Crippen LogP contribution in [0.15, 0.2) is 53.7 Å². The number of carbonyl (C=O) groups excluding carboxylic acids is 2. The summed E-state index contributed by atoms with van der Waals surface area (Å²) in [4.78, 5) is 29.2. The second-order valence-corrected chi connectivity index (χ2v) is 9.84. The van der Waals surface area contributed by atoms with E-state index >= 15 is 0 Å². The van der Waals surface area contributed by atoms with Gasteiger partial charge in [0.15, 0.2) is 5.16 Å². The maximum atomic E-state index is 12.7. The summed E-state index contributed by atoms with van der Waals surface area (Å²) in [5.74, 6) is 0.899. The summed E-state index contributed by atoms with van der Waals surface area (Å²) in [6, 6.07) is 15.0. The van der Waals surface area contributed by atoms with Crippen molar-refractivity contribution < 1.29 is 9.59 Å². The maximum Gasteiger partial charge on any atom is 0.251 e. The third kappa shape index (κ3) is 6.48. The number of para-hydroxylation sites is 1. The molecule has 0 aliphatic carbocycles. The van der Waals surface area contributed by atoms with Crippen LogP contribution in [0.25, 0.3) is 0 Å². The van der Waals surface area contributed by atoms with Crippen molar-refractivity contribution >= 4 is 52.5 Å². The number of benzene rings is 2. The third-order valence-corrected chi connectivity index (χ3v) is 7.56. The van der Waals surface area contributed by atoms with Crippen molar-refractivity contribution in [1.82, 2.24) is 25.0 Å². The van der Waals surface area contributed by atoms with E-state index in [1.54, 1.807) is 12.1 Å². The topological polar surface area (TPSA) is 83.4 Å². The van der Waals surface area contributed by atoms with E-state index in [4.69, 9.17) is 23.2 Å². The van der Waals surface area contributed by atoms with Crippen LogP contribution in [0.1, 0.15) is 16.2 Å². The van der Waals surface area contributed by atoms with Gasteiger partial charge < -0.3 is 19.7 Å². The Morgan fingerprint density at radius 1 is 1.00 bits per heavy atom. The van der Waals surface area contributed by atoms with E-state index in [9.17, 15) is 9.59 Å². The monoisotopic (exact) mass is 532 g/mol. The van der Waals surface area contributed by atoms with Gasteiger partial charge in [-0.1, -0.05) is 53.2 Å². The Bertz CT molecular complexity index is 1180. The lowest BCUT2D eigenvalue weighted by atomic mass is 10.2. The summed E-state index contributed by atoms with van der Waals surface area (Å²) in [6.07, 6.45) is 0.506. The molecule has 4 rings (SSSR count). The van der Waals surface area contributed by atoms with Crippen LogP contribution in [-0.2, 0) is 18.3 Å². The first kappa shape index (κ1) is 25.3. The Labute approximate surface area is 218 Å². The summed E-state index contributed by atoms with van der Waals surface area (Å²) >= 11 is 13.3. The molecule has 35 heavy (non-hydrogen) atoms. The number of nitrogens with zero attached hydrogens (tertiary/aromatic N) is 5. The molecule has 1 N–H and O–H groups in total. The molecule has 0 radical (unpaired) electrons. The van der Waals surface area contributed by atoms with Gasteiger partial charge in [0.2, 0.25) is 5.91 Å². The quantitative estimate of drug-likeness (QED) is 0.446. The molecule has 0 unspecified atom stereocenters. The Hall–Kier alpha value is -2.75. The van der Waals surface area contributed by atoms with Crippen molar-refractivity contribution in [2.75, 3.05) is 43.4 Å². The van der Waals surface area contributed by atoms with Crippen molar-refractivity contribution in [1.29, 1.82) is 0 Å². The molecule has 0 spiro atoms. The van der Waals surface area contributed by atoms with E-state index in [2.05, 4.69) is 32.5 Å². The van der Waals surface area contributed by atoms with Crippen LogP contribution in [0.4, 0.5) is 5.69 Å². The number of hydrogen-bond donors (Lipinski definition) is 1. The van der Waals surface area contributed by atoms with Crippen molar-refractivity contribution in [3.8, 4) is 0 Å². The second-order valence-electron chi connectivity index (χ2n) is 8.08. The number of nitrogens with one attached hydrogen (secondary N) is 1. The van der Waals surface area contributed by atoms with Gasteiger partial charge in [-0.3, -0.25) is 9.59 Å². The normalized spacial score (nSPS) is 13.7. The van der Waals surface area contributed by atoms with Crippen LogP contribution in [0.2, 0.25) is 10.0 Å². The molecule has 2 aromatic carbocycles. The fourth-order valence-electron chi connectivity index (χ4n) is 3.79. The van der Waals surface area contributed by atoms with Gasteiger partial charge in [0, 0.05) is 57.4 Å². The van der Waals surface area contributed by atoms with E-state index in [0.29, 0.717) is 52.6 Å². The van der Waals surface area contributed by atoms with Crippen molar-refractivity contribution in [2.45, 2.75) is 11.6 Å². The molecule has 3 aromatic rings. The third-order valence-electron chi connectivity index (χ3n) is 5.82. The Balaban J connectivity index is 1.21. The Morgan fingerprint density at radius 3 is 2.46 bits per heavy atom. The minimum absolute atomic E-state index is 0.0983. The van der Waals surface area contributed by atoms with E-state index in [1.165, 1.54) is 23.5 Å². The van der Waals surface area contributed by atoms with E-state index in [0.717, 1.165) is 18.9 Å². The van der Waals surface area contributed by atoms with Gasteiger partial charge in [-0.2, -0.15) is 0 Å². The van der Waals surface area contributed by atoms with Gasteiger partial charge in [-0.05, 0) is 30.3 Å². The van der Waals surface area contributed by atoms with E-state index in [1.807, 2.05) is 34.7 Å². The van der Waals surface area contributed by atoms with Crippen LogP contribution in [0.3, 0.4) is 0 Å². The highest BCUT2D eigenvalue weighted by Crippen LogP contribution is 2.23. The number of piperazine rings is 1. The number of hydrogen-bond acceptors (Lipinski definition) is 6. The largest absolute Gasteiger partial charge is 0.368 e. The average molecular weight is 533 g/mol. The van der Waals surface area contributed by atoms with Crippen molar-refractivity contribution in [2.24, 2.45) is 7.05 Å². The maximum absolute atomic E-state index is 12.7. The highest BCUT2D eigenvalue weighted by atomic mass is 35.5. The van der Waals surface area contributed by atoms with E-state index < -0.39 is 0 Å². The van der Waals surface area contributed by atoms with Crippen LogP contribution < -0.4 is 10.2 Å². The van der Waals surface area contributed by atoms with Crippen LogP contribution in [-0.4, -0.2) is 70.0 Å². The minimum atomic E-state index is -0.238. The summed E-state index contributed by atoms with van der Waals surface area (Å²) < 4.78 is 1.86. The summed E-state index contributed by atoms with van der Waals surface area (Å²) in [6.45, 7) is 3.44. The van der Waals surface area contributed by atoms with Crippen molar-refractivity contribution in [3.05, 3.63) is 70.0 Å². The van der Waals surface area contributed by atoms with Crippen molar-refractivity contribution in [3.63, 3.8) is 0 Å². The first-order chi connectivity index (χ1) is 16.9. The lowest BCUT2D eigenvalue weighted by Gasteiger charge is -2.36. The zero-order valence-electron chi connectivity index (χ0n) is 19.3. The zero-order chi connectivity index (χ0) is 24.8. The van der Waals surface area contributed by atoms with Gasteiger partial charge in [0.25, 0.3) is 5.91 Å². The first-order valence-corrected chi connectivity index (χ1v) is 13.0. The number of carbonyl (C=O) groups is 2. The Kier molecular flexibility index (Phi) is 8.54. The summed E-state index contributed by atoms with van der Waals surface area (Å²) in [5, 5.41) is 12.7. The van der Waals surface area contributed by atoms with Gasteiger partial charge in [-0.15, -0.1) is 10.2 Å². The van der Waals surface area contributed by atoms with Crippen LogP contribution in [0.5, 0.6) is 0 Å². The fourth-order valence-corrected chi connectivity index (χ4v) is 4.92. The summed E-state index contributed by atoms with van der Waals surface area (Å²) in [7, 11) is 1.86. The predicted molar refractivity (Wildman–Crippen MR) is 139 cm³/mol. The predicted octanol–water partition coefficient (Wildman–Crippen LogP) is 3.54. The number of thioether (sulfide) groups is 1. The molecule has 0 atom stereocenters. The van der Waals surface area contributed by atoms with Gasteiger partial charge in [0.05, 0.1) is 15.8 Å². The molecule has 1 aliphatic rings. The molecule has 1 fully saturated rings. The molecule has 8 nitrogen and oxygen atoms in total. The molecule has 11 heteroatoms. The SMILES string of the molecule is Cn1c(CCNC(=O)c2ccc(Cl)c(Cl)c2)nnc1SCC(=O)N1CCN(c2ccccc2)CC1. The average Bonchev–Trinajstić information content (AvgIpc) is 3.23. The number of halogens is 2. The van der Waals surface area contributed by atoms with Crippen LogP contribution >= 0.6 is 35.0 Å². The lowest BCUT2D eigenvalue weighted by molar-refractivity contribution is -0.128. The second kappa shape index (κ2) is 11.8. The highest BCUT2D eigenvalue weighted by molar-refractivity contribution is 7.99. The molecule has 0 bridgehead atoms. The molecular formula is C24H26Cl2N6O2S. The highest BCUT2D eigenvalue weighted by Gasteiger charge is 2.22. The van der Waals surface area contributed by atoms with Gasteiger partial charge >= 0.3 is 0 Å². The lowest BCUT2D eigenvalue weighted by Crippen LogP contribution is -2.49. The molecule has 2 amide bonds. The van der Waals surface area contributed by atoms with Crippen LogP contribution in [0, 0.1) is 0 Å². The standard InChI is InChI=1S/C24H26Cl2N6O2S/c1-30-21(9-10-27-23(34)17-7-8-19(25)20(26)15-17)28-29-24(30)35-16-22(33)32-13-11-31(12-14-32)18-5-3-2-4-6-18/h2-8,15H,9-14,16H2,1H3,(H,27,34). The fraction of sp³-hybridized carbons (Fsp3) is 0.333. The summed E-state index contributed by atoms with van der Waals surface area (Å²) in [5.41, 5.74) is 1.63. The molecule has 0 saturated carbocycles. The van der Waals surface area contributed by atoms with Gasteiger partial charge in [-0.25, -0.2) is 0 Å². The number of rotatable bonds is 8. The molecule has 1 saturated heterocycles. The molecule has 1 aromatic heterocycles. The number of anilines is 1. The molecule has 2 heterocycles. The van der Waals surface area contributed by atoms with E-state index in [-0.39, 0.29) is 11.8 Å².